The summed E-state index contributed by atoms with van der Waals surface area (Å²) in [6, 6.07) is 7.54. The highest BCUT2D eigenvalue weighted by atomic mass is 16.4. The molecule has 74 valence electrons. The summed E-state index contributed by atoms with van der Waals surface area (Å²) < 4.78 is 5.29. The first-order chi connectivity index (χ1) is 7.20. The first-order valence-electron chi connectivity index (χ1n) is 4.52. The molecule has 0 aliphatic rings. The minimum Gasteiger partial charge on any atom is -0.421 e. The van der Waals surface area contributed by atoms with E-state index in [1.165, 1.54) is 0 Å². The number of rotatable bonds is 1. The molecule has 2 rings (SSSR count). The molecule has 0 aliphatic carbocycles. The van der Waals surface area contributed by atoms with Gasteiger partial charge in [0, 0.05) is 12.5 Å². The molecule has 0 bridgehead atoms. The summed E-state index contributed by atoms with van der Waals surface area (Å²) in [5.41, 5.74) is 2.41. The molecule has 1 aromatic heterocycles. The largest absolute Gasteiger partial charge is 0.421 e. The topological polar surface area (TPSA) is 62.7 Å². The van der Waals surface area contributed by atoms with E-state index < -0.39 is 0 Å². The average molecular weight is 199 g/mol. The Kier molecular flexibility index (Phi) is 2.22. The number of hydrogen-bond acceptors (Lipinski definition) is 4. The van der Waals surface area contributed by atoms with Crippen LogP contribution in [0.2, 0.25) is 0 Å². The maximum Gasteiger partial charge on any atom is 0.247 e. The standard InChI is InChI=1S/C11H9N3O/c1-7-5-9(3-4-10(7)6-12)11-14-13-8(2)15-11/h3-5H,1-2H3. The molecule has 1 aromatic carbocycles. The van der Waals surface area contributed by atoms with Gasteiger partial charge in [-0.1, -0.05) is 0 Å². The number of aryl methyl sites for hydroxylation is 2. The second-order valence-corrected chi connectivity index (χ2v) is 3.27. The molecule has 0 spiro atoms. The molecule has 15 heavy (non-hydrogen) atoms. The van der Waals surface area contributed by atoms with Crippen LogP contribution in [0, 0.1) is 25.2 Å². The molecule has 0 atom stereocenters. The lowest BCUT2D eigenvalue weighted by Crippen LogP contribution is -1.84. The van der Waals surface area contributed by atoms with Gasteiger partial charge < -0.3 is 4.42 Å². The Morgan fingerprint density at radius 3 is 2.60 bits per heavy atom. The molecule has 0 N–H and O–H groups in total. The monoisotopic (exact) mass is 199 g/mol. The number of nitrogens with zero attached hydrogens (tertiary/aromatic N) is 3. The van der Waals surface area contributed by atoms with Crippen LogP contribution in [0.15, 0.2) is 22.6 Å². The van der Waals surface area contributed by atoms with Crippen molar-refractivity contribution in [1.29, 1.82) is 5.26 Å². The molecule has 1 heterocycles. The van der Waals surface area contributed by atoms with Gasteiger partial charge in [-0.15, -0.1) is 10.2 Å². The molecular weight excluding hydrogens is 190 g/mol. The van der Waals surface area contributed by atoms with Crippen LogP contribution in [-0.2, 0) is 0 Å². The third-order valence-electron chi connectivity index (χ3n) is 2.12. The van der Waals surface area contributed by atoms with Gasteiger partial charge in [-0.3, -0.25) is 0 Å². The van der Waals surface area contributed by atoms with Crippen LogP contribution in [0.4, 0.5) is 0 Å². The lowest BCUT2D eigenvalue weighted by Gasteiger charge is -1.98. The molecule has 0 radical (unpaired) electrons. The minimum atomic E-state index is 0.486. The molecule has 0 saturated heterocycles. The molecule has 0 amide bonds. The zero-order valence-electron chi connectivity index (χ0n) is 8.48. The lowest BCUT2D eigenvalue weighted by molar-refractivity contribution is 0.532. The first-order valence-corrected chi connectivity index (χ1v) is 4.52. The molecule has 4 heteroatoms. The van der Waals surface area contributed by atoms with Gasteiger partial charge in [0.1, 0.15) is 0 Å². The van der Waals surface area contributed by atoms with E-state index >= 15 is 0 Å². The van der Waals surface area contributed by atoms with Crippen molar-refractivity contribution in [3.8, 4) is 17.5 Å². The summed E-state index contributed by atoms with van der Waals surface area (Å²) in [6.07, 6.45) is 0. The van der Waals surface area contributed by atoms with Crippen molar-refractivity contribution in [3.63, 3.8) is 0 Å². The first kappa shape index (κ1) is 9.41. The van der Waals surface area contributed by atoms with E-state index in [9.17, 15) is 0 Å². The zero-order chi connectivity index (χ0) is 10.8. The van der Waals surface area contributed by atoms with Gasteiger partial charge in [0.05, 0.1) is 11.6 Å². The van der Waals surface area contributed by atoms with Crippen molar-refractivity contribution in [2.75, 3.05) is 0 Å². The Balaban J connectivity index is 2.48. The fraction of sp³-hybridized carbons (Fsp3) is 0.182. The summed E-state index contributed by atoms with van der Waals surface area (Å²) in [5, 5.41) is 16.4. The van der Waals surface area contributed by atoms with E-state index in [4.69, 9.17) is 9.68 Å². The average Bonchev–Trinajstić information content (AvgIpc) is 2.65. The fourth-order valence-corrected chi connectivity index (χ4v) is 1.34. The summed E-state index contributed by atoms with van der Waals surface area (Å²) in [7, 11) is 0. The van der Waals surface area contributed by atoms with Crippen LogP contribution in [0.1, 0.15) is 17.0 Å². The van der Waals surface area contributed by atoms with Gasteiger partial charge in [0.2, 0.25) is 11.8 Å². The van der Waals surface area contributed by atoms with Gasteiger partial charge >= 0.3 is 0 Å². The molecule has 0 saturated carbocycles. The molecule has 0 fully saturated rings. The number of benzene rings is 1. The predicted molar refractivity (Wildman–Crippen MR) is 53.9 cm³/mol. The van der Waals surface area contributed by atoms with E-state index in [-0.39, 0.29) is 0 Å². The van der Waals surface area contributed by atoms with E-state index in [2.05, 4.69) is 16.3 Å². The normalized spacial score (nSPS) is 9.93. The van der Waals surface area contributed by atoms with E-state index in [1.807, 2.05) is 13.0 Å². The Morgan fingerprint density at radius 1 is 1.27 bits per heavy atom. The van der Waals surface area contributed by atoms with Crippen LogP contribution in [0.25, 0.3) is 11.5 Å². The smallest absolute Gasteiger partial charge is 0.247 e. The van der Waals surface area contributed by atoms with Crippen LogP contribution in [-0.4, -0.2) is 10.2 Å². The molecular formula is C11H9N3O. The SMILES string of the molecule is Cc1nnc(-c2ccc(C#N)c(C)c2)o1. The summed E-state index contributed by atoms with van der Waals surface area (Å²) >= 11 is 0. The quantitative estimate of drug-likeness (QED) is 0.706. The van der Waals surface area contributed by atoms with E-state index in [0.29, 0.717) is 17.3 Å². The Morgan fingerprint density at radius 2 is 2.07 bits per heavy atom. The van der Waals surface area contributed by atoms with Crippen molar-refractivity contribution in [1.82, 2.24) is 10.2 Å². The highest BCUT2D eigenvalue weighted by molar-refractivity contribution is 5.57. The van der Waals surface area contributed by atoms with E-state index in [1.54, 1.807) is 19.1 Å². The number of hydrogen-bond donors (Lipinski definition) is 0. The molecule has 4 nitrogen and oxygen atoms in total. The Bertz CT molecular complexity index is 537. The lowest BCUT2D eigenvalue weighted by atomic mass is 10.1. The van der Waals surface area contributed by atoms with Crippen LogP contribution in [0.3, 0.4) is 0 Å². The van der Waals surface area contributed by atoms with Gasteiger partial charge in [0.15, 0.2) is 0 Å². The predicted octanol–water partition coefficient (Wildman–Crippen LogP) is 2.23. The molecule has 2 aromatic rings. The Hall–Kier alpha value is -2.15. The van der Waals surface area contributed by atoms with Gasteiger partial charge in [-0.2, -0.15) is 5.26 Å². The summed E-state index contributed by atoms with van der Waals surface area (Å²) in [6.45, 7) is 3.62. The Labute approximate surface area is 87.2 Å². The molecule has 0 aliphatic heterocycles. The zero-order valence-corrected chi connectivity index (χ0v) is 8.48. The van der Waals surface area contributed by atoms with Gasteiger partial charge in [-0.05, 0) is 30.7 Å². The summed E-state index contributed by atoms with van der Waals surface area (Å²) in [5.74, 6) is 1.02. The van der Waals surface area contributed by atoms with Crippen molar-refractivity contribution in [2.24, 2.45) is 0 Å². The van der Waals surface area contributed by atoms with Gasteiger partial charge in [-0.25, -0.2) is 0 Å². The van der Waals surface area contributed by atoms with Crippen molar-refractivity contribution < 1.29 is 4.42 Å². The number of nitriles is 1. The highest BCUT2D eigenvalue weighted by Crippen LogP contribution is 2.20. The van der Waals surface area contributed by atoms with Crippen LogP contribution in [0.5, 0.6) is 0 Å². The second-order valence-electron chi connectivity index (χ2n) is 3.27. The van der Waals surface area contributed by atoms with Crippen LogP contribution < -0.4 is 0 Å². The van der Waals surface area contributed by atoms with Crippen molar-refractivity contribution in [3.05, 3.63) is 35.2 Å². The number of aromatic nitrogens is 2. The third-order valence-corrected chi connectivity index (χ3v) is 2.12. The highest BCUT2D eigenvalue weighted by Gasteiger charge is 2.07. The third kappa shape index (κ3) is 1.72. The van der Waals surface area contributed by atoms with E-state index in [0.717, 1.165) is 11.1 Å². The second kappa shape index (κ2) is 3.54. The minimum absolute atomic E-state index is 0.486. The van der Waals surface area contributed by atoms with Crippen LogP contribution >= 0.6 is 0 Å². The maximum atomic E-state index is 8.78. The fourth-order valence-electron chi connectivity index (χ4n) is 1.34. The molecule has 0 unspecified atom stereocenters. The van der Waals surface area contributed by atoms with Crippen molar-refractivity contribution >= 4 is 0 Å². The van der Waals surface area contributed by atoms with Gasteiger partial charge in [0.25, 0.3) is 0 Å². The summed E-state index contributed by atoms with van der Waals surface area (Å²) in [4.78, 5) is 0. The maximum absolute atomic E-state index is 8.78. The van der Waals surface area contributed by atoms with Crippen molar-refractivity contribution in [2.45, 2.75) is 13.8 Å².